The molecule has 0 aromatic heterocycles. The summed E-state index contributed by atoms with van der Waals surface area (Å²) in [7, 11) is 0. The van der Waals surface area contributed by atoms with E-state index in [1.165, 1.54) is 64.2 Å². The maximum absolute atomic E-state index is 12.9. The smallest absolute Gasteiger partial charge is 0.163 e. The molecule has 0 bridgehead atoms. The van der Waals surface area contributed by atoms with Crippen LogP contribution < -0.4 is 14.2 Å². The molecule has 37 heavy (non-hydrogen) atoms. The van der Waals surface area contributed by atoms with E-state index < -0.39 is 0 Å². The molecule has 2 aromatic rings. The molecule has 2 aromatic carbocycles. The highest BCUT2D eigenvalue weighted by Gasteiger charge is 2.12. The molecule has 0 spiro atoms. The lowest BCUT2D eigenvalue weighted by atomic mass is 10.0. The van der Waals surface area contributed by atoms with Gasteiger partial charge in [-0.05, 0) is 56.0 Å². The molecule has 206 valence electrons. The van der Waals surface area contributed by atoms with Gasteiger partial charge in [0.2, 0.25) is 0 Å². The number of carbonyl (C=O) groups is 1. The van der Waals surface area contributed by atoms with Crippen LogP contribution in [0.2, 0.25) is 0 Å². The molecule has 0 saturated carbocycles. The van der Waals surface area contributed by atoms with Gasteiger partial charge in [-0.15, -0.1) is 0 Å². The topological polar surface area (TPSA) is 44.8 Å². The second-order valence-electron chi connectivity index (χ2n) is 9.94. The van der Waals surface area contributed by atoms with Crippen molar-refractivity contribution in [3.8, 4) is 17.2 Å². The molecule has 0 atom stereocenters. The highest BCUT2D eigenvalue weighted by Crippen LogP contribution is 2.30. The largest absolute Gasteiger partial charge is 0.494 e. The lowest BCUT2D eigenvalue weighted by Gasteiger charge is -2.14. The first-order chi connectivity index (χ1) is 18.2. The van der Waals surface area contributed by atoms with E-state index in [1.54, 1.807) is 0 Å². The van der Waals surface area contributed by atoms with Crippen LogP contribution in [0.4, 0.5) is 0 Å². The quantitative estimate of drug-likeness (QED) is 0.110. The predicted molar refractivity (Wildman–Crippen MR) is 154 cm³/mol. The fourth-order valence-corrected chi connectivity index (χ4v) is 4.28. The standard InChI is InChI=1S/C33H50O4/c1-3-5-7-9-11-17-26-36-32-24-23-29(28-33(32)37-27-18-12-10-8-6-4-2)31(34)22-16-19-25-35-30-20-14-13-15-21-30/h13-15,20-21,23-24,28H,3-12,16-19,22,25-27H2,1-2H3. The summed E-state index contributed by atoms with van der Waals surface area (Å²) in [6.45, 7) is 6.45. The van der Waals surface area contributed by atoms with Crippen LogP contribution in [0.15, 0.2) is 48.5 Å². The fraction of sp³-hybridized carbons (Fsp3) is 0.606. The van der Waals surface area contributed by atoms with Gasteiger partial charge in [0.05, 0.1) is 19.8 Å². The Bertz CT molecular complexity index is 833. The van der Waals surface area contributed by atoms with Crippen LogP contribution in [0, 0.1) is 0 Å². The Balaban J connectivity index is 1.81. The lowest BCUT2D eigenvalue weighted by molar-refractivity contribution is 0.0977. The molecule has 0 aliphatic rings. The van der Waals surface area contributed by atoms with Crippen LogP contribution in [-0.4, -0.2) is 25.6 Å². The zero-order valence-electron chi connectivity index (χ0n) is 23.5. The monoisotopic (exact) mass is 510 g/mol. The van der Waals surface area contributed by atoms with Gasteiger partial charge in [0.25, 0.3) is 0 Å². The normalized spacial score (nSPS) is 10.9. The number of Topliss-reactive ketones (excluding diaryl/α,β-unsaturated/α-hetero) is 1. The van der Waals surface area contributed by atoms with E-state index in [9.17, 15) is 4.79 Å². The van der Waals surface area contributed by atoms with Crippen molar-refractivity contribution in [3.05, 3.63) is 54.1 Å². The molecule has 0 saturated heterocycles. The summed E-state index contributed by atoms with van der Waals surface area (Å²) in [5.41, 5.74) is 0.703. The second kappa shape index (κ2) is 20.6. The van der Waals surface area contributed by atoms with Crippen LogP contribution in [-0.2, 0) is 0 Å². The van der Waals surface area contributed by atoms with Gasteiger partial charge < -0.3 is 14.2 Å². The van der Waals surface area contributed by atoms with Crippen molar-refractivity contribution >= 4 is 5.78 Å². The third-order valence-electron chi connectivity index (χ3n) is 6.59. The van der Waals surface area contributed by atoms with Gasteiger partial charge in [-0.3, -0.25) is 4.79 Å². The number of hydrogen-bond acceptors (Lipinski definition) is 4. The number of ether oxygens (including phenoxy) is 3. The number of para-hydroxylation sites is 1. The van der Waals surface area contributed by atoms with E-state index in [1.807, 2.05) is 48.5 Å². The zero-order chi connectivity index (χ0) is 26.4. The molecule has 0 N–H and O–H groups in total. The van der Waals surface area contributed by atoms with Crippen LogP contribution in [0.3, 0.4) is 0 Å². The van der Waals surface area contributed by atoms with E-state index in [0.717, 1.165) is 37.2 Å². The van der Waals surface area contributed by atoms with Gasteiger partial charge in [0.1, 0.15) is 5.75 Å². The van der Waals surface area contributed by atoms with Crippen molar-refractivity contribution in [1.82, 2.24) is 0 Å². The number of carbonyl (C=O) groups excluding carboxylic acids is 1. The Hall–Kier alpha value is -2.49. The number of ketones is 1. The molecule has 2 rings (SSSR count). The number of unbranched alkanes of at least 4 members (excludes halogenated alkanes) is 11. The van der Waals surface area contributed by atoms with Crippen molar-refractivity contribution < 1.29 is 19.0 Å². The minimum atomic E-state index is 0.145. The average molecular weight is 511 g/mol. The summed E-state index contributed by atoms with van der Waals surface area (Å²) in [6.07, 6.45) is 16.9. The first-order valence-corrected chi connectivity index (χ1v) is 14.8. The lowest BCUT2D eigenvalue weighted by Crippen LogP contribution is -2.06. The zero-order valence-corrected chi connectivity index (χ0v) is 23.5. The second-order valence-corrected chi connectivity index (χ2v) is 9.94. The Labute approximate surface area is 226 Å². The summed E-state index contributed by atoms with van der Waals surface area (Å²) in [5, 5.41) is 0. The molecule has 4 heteroatoms. The number of benzene rings is 2. The summed E-state index contributed by atoms with van der Waals surface area (Å²) in [6, 6.07) is 15.5. The van der Waals surface area contributed by atoms with E-state index in [0.29, 0.717) is 37.6 Å². The van der Waals surface area contributed by atoms with E-state index in [2.05, 4.69) is 13.8 Å². The van der Waals surface area contributed by atoms with Crippen molar-refractivity contribution in [2.45, 2.75) is 110 Å². The molecular weight excluding hydrogens is 460 g/mol. The molecule has 0 radical (unpaired) electrons. The van der Waals surface area contributed by atoms with Crippen molar-refractivity contribution in [1.29, 1.82) is 0 Å². The number of hydrogen-bond donors (Lipinski definition) is 0. The molecule has 0 fully saturated rings. The maximum atomic E-state index is 12.9. The van der Waals surface area contributed by atoms with Gasteiger partial charge in [-0.25, -0.2) is 0 Å². The van der Waals surface area contributed by atoms with Gasteiger partial charge in [-0.2, -0.15) is 0 Å². The predicted octanol–water partition coefficient (Wildman–Crippen LogP) is 9.60. The Morgan fingerprint density at radius 3 is 1.76 bits per heavy atom. The van der Waals surface area contributed by atoms with Gasteiger partial charge >= 0.3 is 0 Å². The Morgan fingerprint density at radius 2 is 1.11 bits per heavy atom. The Kier molecular flexibility index (Phi) is 17.1. The SMILES string of the molecule is CCCCCCCCOc1ccc(C(=O)CCCCOc2ccccc2)cc1OCCCCCCCC. The third kappa shape index (κ3) is 14.1. The first kappa shape index (κ1) is 30.7. The molecular formula is C33H50O4. The molecule has 0 heterocycles. The average Bonchev–Trinajstić information content (AvgIpc) is 2.92. The molecule has 0 aliphatic carbocycles. The summed E-state index contributed by atoms with van der Waals surface area (Å²) in [4.78, 5) is 12.9. The third-order valence-corrected chi connectivity index (χ3v) is 6.59. The first-order valence-electron chi connectivity index (χ1n) is 14.8. The highest BCUT2D eigenvalue weighted by molar-refractivity contribution is 5.96. The van der Waals surface area contributed by atoms with E-state index in [-0.39, 0.29) is 5.78 Å². The summed E-state index contributed by atoms with van der Waals surface area (Å²) in [5.74, 6) is 2.48. The molecule has 4 nitrogen and oxygen atoms in total. The fourth-order valence-electron chi connectivity index (χ4n) is 4.28. The van der Waals surface area contributed by atoms with Crippen LogP contribution in [0.1, 0.15) is 121 Å². The van der Waals surface area contributed by atoms with E-state index in [4.69, 9.17) is 14.2 Å². The van der Waals surface area contributed by atoms with Crippen molar-refractivity contribution in [3.63, 3.8) is 0 Å². The van der Waals surface area contributed by atoms with E-state index >= 15 is 0 Å². The molecule has 0 aliphatic heterocycles. The molecule has 0 unspecified atom stereocenters. The van der Waals surface area contributed by atoms with Crippen LogP contribution >= 0.6 is 0 Å². The van der Waals surface area contributed by atoms with Gasteiger partial charge in [0, 0.05) is 12.0 Å². The van der Waals surface area contributed by atoms with Gasteiger partial charge in [-0.1, -0.05) is 96.3 Å². The van der Waals surface area contributed by atoms with Crippen LogP contribution in [0.5, 0.6) is 17.2 Å². The summed E-state index contributed by atoms with van der Waals surface area (Å²) < 4.78 is 18.0. The molecule has 0 amide bonds. The van der Waals surface area contributed by atoms with Crippen molar-refractivity contribution in [2.24, 2.45) is 0 Å². The van der Waals surface area contributed by atoms with Crippen LogP contribution in [0.25, 0.3) is 0 Å². The minimum Gasteiger partial charge on any atom is -0.494 e. The summed E-state index contributed by atoms with van der Waals surface area (Å²) >= 11 is 0. The highest BCUT2D eigenvalue weighted by atomic mass is 16.5. The van der Waals surface area contributed by atoms with Gasteiger partial charge in [0.15, 0.2) is 17.3 Å². The Morgan fingerprint density at radius 1 is 0.568 bits per heavy atom. The van der Waals surface area contributed by atoms with Crippen molar-refractivity contribution in [2.75, 3.05) is 19.8 Å². The minimum absolute atomic E-state index is 0.145. The maximum Gasteiger partial charge on any atom is 0.163 e. The number of rotatable bonds is 23.